The van der Waals surface area contributed by atoms with Crippen LogP contribution in [0.3, 0.4) is 0 Å². The number of nitrogens with zero attached hydrogens (tertiary/aromatic N) is 2. The lowest BCUT2D eigenvalue weighted by Gasteiger charge is -2.29. The van der Waals surface area contributed by atoms with Gasteiger partial charge in [0.15, 0.2) is 5.96 Å². The molecule has 1 aliphatic carbocycles. The summed E-state index contributed by atoms with van der Waals surface area (Å²) in [5, 5.41) is 12.4. The van der Waals surface area contributed by atoms with Crippen molar-refractivity contribution in [1.29, 1.82) is 0 Å². The van der Waals surface area contributed by atoms with Crippen molar-refractivity contribution in [3.05, 3.63) is 64.7 Å². The molecule has 7 nitrogen and oxygen atoms in total. The standard InChI is InChI=1S/C23H26N4O3.C2H6/c1-14-7-16(13-27-21(29)11-20(17-5-6-17)26-23(27)24)9-18(8-14)22(30)25-12-15-3-2-4-19(28)10-15;1-2/h2-4,7-10,17,20,28H,5-6,11-13H2,1H3,(H2,24,26)(H,25,30);1-2H3. The minimum Gasteiger partial charge on any atom is -0.508 e. The number of aryl methyl sites for hydroxylation is 1. The molecule has 0 aromatic heterocycles. The van der Waals surface area contributed by atoms with Crippen LogP contribution >= 0.6 is 0 Å². The van der Waals surface area contributed by atoms with Crippen molar-refractivity contribution in [3.63, 3.8) is 0 Å². The number of phenolic OH excluding ortho intramolecular Hbond substituents is 1. The maximum atomic E-state index is 12.7. The van der Waals surface area contributed by atoms with Crippen LogP contribution in [0, 0.1) is 12.8 Å². The largest absolute Gasteiger partial charge is 0.508 e. The van der Waals surface area contributed by atoms with Crippen LogP contribution in [0.1, 0.15) is 60.2 Å². The van der Waals surface area contributed by atoms with E-state index < -0.39 is 0 Å². The Labute approximate surface area is 189 Å². The number of phenols is 1. The van der Waals surface area contributed by atoms with E-state index in [0.29, 0.717) is 31.0 Å². The average molecular weight is 437 g/mol. The predicted octanol–water partition coefficient (Wildman–Crippen LogP) is 3.48. The lowest BCUT2D eigenvalue weighted by Crippen LogP contribution is -2.47. The second kappa shape index (κ2) is 10.3. The SMILES string of the molecule is CC.Cc1cc(CN2C(=O)CC(C3CC3)N=C2N)cc(C(=O)NCc2cccc(O)c2)c1. The molecule has 170 valence electrons. The lowest BCUT2D eigenvalue weighted by molar-refractivity contribution is -0.129. The maximum Gasteiger partial charge on any atom is 0.251 e. The number of nitrogens with two attached hydrogens (primary N) is 1. The highest BCUT2D eigenvalue weighted by atomic mass is 16.3. The first-order chi connectivity index (χ1) is 15.4. The zero-order chi connectivity index (χ0) is 23.3. The van der Waals surface area contributed by atoms with Crippen LogP contribution in [0.5, 0.6) is 5.75 Å². The van der Waals surface area contributed by atoms with Crippen LogP contribution in [0.4, 0.5) is 0 Å². The summed E-state index contributed by atoms with van der Waals surface area (Å²) >= 11 is 0. The Bertz CT molecular complexity index is 1010. The van der Waals surface area contributed by atoms with Crippen LogP contribution in [-0.2, 0) is 17.9 Å². The smallest absolute Gasteiger partial charge is 0.251 e. The van der Waals surface area contributed by atoms with Crippen LogP contribution in [-0.4, -0.2) is 33.8 Å². The molecule has 32 heavy (non-hydrogen) atoms. The van der Waals surface area contributed by atoms with Crippen molar-refractivity contribution >= 4 is 17.8 Å². The Morgan fingerprint density at radius 1 is 1.19 bits per heavy atom. The topological polar surface area (TPSA) is 108 Å². The quantitative estimate of drug-likeness (QED) is 0.644. The molecule has 0 radical (unpaired) electrons. The van der Waals surface area contributed by atoms with Gasteiger partial charge in [-0.2, -0.15) is 0 Å². The predicted molar refractivity (Wildman–Crippen MR) is 125 cm³/mol. The first-order valence-corrected chi connectivity index (χ1v) is 11.2. The molecule has 4 rings (SSSR count). The zero-order valence-electron chi connectivity index (χ0n) is 19.0. The molecule has 0 saturated heterocycles. The van der Waals surface area contributed by atoms with Gasteiger partial charge in [-0.1, -0.05) is 32.0 Å². The number of amides is 2. The summed E-state index contributed by atoms with van der Waals surface area (Å²) < 4.78 is 0. The van der Waals surface area contributed by atoms with Gasteiger partial charge in [0.25, 0.3) is 5.91 Å². The minimum atomic E-state index is -0.219. The van der Waals surface area contributed by atoms with E-state index in [1.54, 1.807) is 30.3 Å². The average Bonchev–Trinajstić information content (AvgIpc) is 3.61. The Balaban J connectivity index is 0.00000141. The number of hydrogen-bond donors (Lipinski definition) is 3. The fraction of sp³-hybridized carbons (Fsp3) is 0.400. The molecule has 1 saturated carbocycles. The van der Waals surface area contributed by atoms with Gasteiger partial charge in [-0.15, -0.1) is 0 Å². The summed E-state index contributed by atoms with van der Waals surface area (Å²) in [6.07, 6.45) is 2.63. The molecule has 1 unspecified atom stereocenters. The number of aromatic hydroxyl groups is 1. The van der Waals surface area contributed by atoms with Gasteiger partial charge >= 0.3 is 0 Å². The number of nitrogens with one attached hydrogen (secondary N) is 1. The molecule has 2 aromatic rings. The molecule has 1 fully saturated rings. The van der Waals surface area contributed by atoms with Crippen LogP contribution < -0.4 is 11.1 Å². The van der Waals surface area contributed by atoms with Gasteiger partial charge in [0.05, 0.1) is 19.0 Å². The van der Waals surface area contributed by atoms with E-state index in [1.807, 2.05) is 32.9 Å². The summed E-state index contributed by atoms with van der Waals surface area (Å²) in [6.45, 7) is 6.51. The van der Waals surface area contributed by atoms with Crippen LogP contribution in [0.2, 0.25) is 0 Å². The lowest BCUT2D eigenvalue weighted by atomic mass is 10.0. The summed E-state index contributed by atoms with van der Waals surface area (Å²) in [4.78, 5) is 31.3. The third-order valence-corrected chi connectivity index (χ3v) is 5.53. The zero-order valence-corrected chi connectivity index (χ0v) is 19.0. The van der Waals surface area contributed by atoms with Crippen molar-refractivity contribution in [2.45, 2.75) is 59.2 Å². The highest BCUT2D eigenvalue weighted by molar-refractivity contribution is 5.98. The van der Waals surface area contributed by atoms with E-state index in [1.165, 1.54) is 4.90 Å². The Hall–Kier alpha value is -3.35. The highest BCUT2D eigenvalue weighted by Crippen LogP contribution is 2.37. The molecule has 0 bridgehead atoms. The molecule has 1 aliphatic heterocycles. The van der Waals surface area contributed by atoms with Gasteiger partial charge in [-0.05, 0) is 66.6 Å². The summed E-state index contributed by atoms with van der Waals surface area (Å²) in [5.41, 5.74) is 9.16. The van der Waals surface area contributed by atoms with E-state index in [-0.39, 0.29) is 29.6 Å². The molecule has 1 heterocycles. The number of guanidine groups is 1. The van der Waals surface area contributed by atoms with Gasteiger partial charge < -0.3 is 16.2 Å². The molecule has 0 spiro atoms. The normalized spacial score (nSPS) is 17.8. The Morgan fingerprint density at radius 2 is 1.94 bits per heavy atom. The van der Waals surface area contributed by atoms with Gasteiger partial charge in [-0.25, -0.2) is 4.99 Å². The highest BCUT2D eigenvalue weighted by Gasteiger charge is 2.37. The number of carbonyl (C=O) groups excluding carboxylic acids is 2. The molecule has 2 aliphatic rings. The number of rotatable bonds is 6. The molecule has 2 aromatic carbocycles. The first-order valence-electron chi connectivity index (χ1n) is 11.2. The Kier molecular flexibility index (Phi) is 7.51. The van der Waals surface area contributed by atoms with Gasteiger partial charge in [-0.3, -0.25) is 14.5 Å². The van der Waals surface area contributed by atoms with Crippen LogP contribution in [0.15, 0.2) is 47.5 Å². The monoisotopic (exact) mass is 436 g/mol. The molecule has 4 N–H and O–H groups in total. The number of aliphatic imine (C=N–C) groups is 1. The van der Waals surface area contributed by atoms with E-state index in [4.69, 9.17) is 5.73 Å². The summed E-state index contributed by atoms with van der Waals surface area (Å²) in [7, 11) is 0. The molecular weight excluding hydrogens is 404 g/mol. The summed E-state index contributed by atoms with van der Waals surface area (Å²) in [5.74, 6) is 0.684. The number of benzene rings is 2. The third-order valence-electron chi connectivity index (χ3n) is 5.53. The third kappa shape index (κ3) is 5.87. The number of hydrogen-bond acceptors (Lipinski definition) is 5. The van der Waals surface area contributed by atoms with E-state index in [9.17, 15) is 14.7 Å². The fourth-order valence-electron chi connectivity index (χ4n) is 3.84. The van der Waals surface area contributed by atoms with Crippen molar-refractivity contribution in [2.24, 2.45) is 16.6 Å². The second-order valence-electron chi connectivity index (χ2n) is 8.14. The van der Waals surface area contributed by atoms with Crippen molar-refractivity contribution < 1.29 is 14.7 Å². The number of carbonyl (C=O) groups is 2. The minimum absolute atomic E-state index is 0.0178. The fourth-order valence-corrected chi connectivity index (χ4v) is 3.84. The van der Waals surface area contributed by atoms with E-state index in [0.717, 1.165) is 29.5 Å². The van der Waals surface area contributed by atoms with Gasteiger partial charge in [0.1, 0.15) is 5.75 Å². The molecular formula is C25H32N4O3. The Morgan fingerprint density at radius 3 is 2.59 bits per heavy atom. The van der Waals surface area contributed by atoms with Gasteiger partial charge in [0.2, 0.25) is 5.91 Å². The van der Waals surface area contributed by atoms with Crippen molar-refractivity contribution in [1.82, 2.24) is 10.2 Å². The van der Waals surface area contributed by atoms with E-state index in [2.05, 4.69) is 10.3 Å². The molecule has 1 atom stereocenters. The van der Waals surface area contributed by atoms with Crippen molar-refractivity contribution in [2.75, 3.05) is 0 Å². The van der Waals surface area contributed by atoms with Gasteiger partial charge in [0, 0.05) is 12.1 Å². The van der Waals surface area contributed by atoms with Crippen LogP contribution in [0.25, 0.3) is 0 Å². The summed E-state index contributed by atoms with van der Waals surface area (Å²) in [6, 6.07) is 12.3. The maximum absolute atomic E-state index is 12.7. The van der Waals surface area contributed by atoms with Crippen molar-refractivity contribution in [3.8, 4) is 5.75 Å². The first kappa shape index (κ1) is 23.3. The second-order valence-corrected chi connectivity index (χ2v) is 8.14. The molecule has 2 amide bonds. The van der Waals surface area contributed by atoms with E-state index >= 15 is 0 Å². The molecule has 7 heteroatoms.